The normalized spacial score (nSPS) is 14.8. The zero-order valence-corrected chi connectivity index (χ0v) is 11.3. The number of hydrogen-bond acceptors (Lipinski definition) is 7. The van der Waals surface area contributed by atoms with Crippen LogP contribution in [-0.4, -0.2) is 47.4 Å². The summed E-state index contributed by atoms with van der Waals surface area (Å²) in [7, 11) is -4.11. The van der Waals surface area contributed by atoms with Crippen LogP contribution in [0.25, 0.3) is 0 Å². The van der Waals surface area contributed by atoms with Crippen molar-refractivity contribution >= 4 is 15.7 Å². The number of nitrogens with one attached hydrogen (secondary N) is 1. The summed E-state index contributed by atoms with van der Waals surface area (Å²) in [6.07, 6.45) is 0. The Morgan fingerprint density at radius 3 is 2.55 bits per heavy atom. The van der Waals surface area contributed by atoms with Crippen LogP contribution >= 0.6 is 0 Å². The van der Waals surface area contributed by atoms with Gasteiger partial charge >= 0.3 is 5.69 Å². The highest BCUT2D eigenvalue weighted by Gasteiger charge is 2.25. The van der Waals surface area contributed by atoms with E-state index < -0.39 is 50.0 Å². The maximum Gasteiger partial charge on any atom is 0.312 e. The number of hydrogen-bond donors (Lipinski definition) is 4. The van der Waals surface area contributed by atoms with E-state index in [1.807, 2.05) is 4.72 Å². The van der Waals surface area contributed by atoms with E-state index >= 15 is 0 Å². The topological polar surface area (TPSA) is 150 Å². The largest absolute Gasteiger partial charge is 0.502 e. The number of phenols is 1. The lowest BCUT2D eigenvalue weighted by Gasteiger charge is -2.20. The highest BCUT2D eigenvalue weighted by Crippen LogP contribution is 2.28. The van der Waals surface area contributed by atoms with E-state index in [9.17, 15) is 28.7 Å². The van der Waals surface area contributed by atoms with Crippen LogP contribution in [0.2, 0.25) is 0 Å². The fourth-order valence-electron chi connectivity index (χ4n) is 1.21. The number of benzene rings is 1. The van der Waals surface area contributed by atoms with Crippen LogP contribution in [-0.2, 0) is 10.0 Å². The Hall–Kier alpha value is -1.75. The first-order valence-corrected chi connectivity index (χ1v) is 6.88. The van der Waals surface area contributed by atoms with E-state index in [0.717, 1.165) is 12.1 Å². The fourth-order valence-corrected chi connectivity index (χ4v) is 2.39. The third kappa shape index (κ3) is 3.87. The molecule has 1 aromatic rings. The summed E-state index contributed by atoms with van der Waals surface area (Å²) in [5, 5.41) is 38.2. The van der Waals surface area contributed by atoms with Crippen LogP contribution in [0.5, 0.6) is 5.75 Å². The number of aliphatic hydroxyl groups excluding tert-OH is 1. The lowest BCUT2D eigenvalue weighted by Crippen LogP contribution is -2.43. The van der Waals surface area contributed by atoms with E-state index in [1.54, 1.807) is 0 Å². The molecule has 0 saturated heterocycles. The van der Waals surface area contributed by atoms with Gasteiger partial charge in [0.2, 0.25) is 10.0 Å². The Kier molecular flexibility index (Phi) is 4.65. The summed E-state index contributed by atoms with van der Waals surface area (Å²) in [6, 6.07) is 2.57. The molecule has 0 radical (unpaired) electrons. The second kappa shape index (κ2) is 5.71. The molecule has 0 aliphatic heterocycles. The van der Waals surface area contributed by atoms with Crippen LogP contribution in [0, 0.1) is 10.1 Å². The van der Waals surface area contributed by atoms with Gasteiger partial charge in [0.25, 0.3) is 0 Å². The highest BCUT2D eigenvalue weighted by atomic mass is 32.2. The van der Waals surface area contributed by atoms with Crippen LogP contribution < -0.4 is 4.72 Å². The van der Waals surface area contributed by atoms with Crippen molar-refractivity contribution in [1.29, 1.82) is 0 Å². The predicted octanol–water partition coefficient (Wildman–Crippen LogP) is -0.678. The van der Waals surface area contributed by atoms with Crippen LogP contribution in [0.4, 0.5) is 5.69 Å². The molecule has 20 heavy (non-hydrogen) atoms. The van der Waals surface area contributed by atoms with Gasteiger partial charge in [0.15, 0.2) is 5.75 Å². The molecule has 1 rings (SSSR count). The van der Waals surface area contributed by atoms with Crippen molar-refractivity contribution in [2.45, 2.75) is 17.4 Å². The molecule has 10 heteroatoms. The van der Waals surface area contributed by atoms with Gasteiger partial charge in [-0.2, -0.15) is 0 Å². The van der Waals surface area contributed by atoms with Crippen molar-refractivity contribution in [3.05, 3.63) is 28.3 Å². The van der Waals surface area contributed by atoms with Gasteiger partial charge in [0.1, 0.15) is 0 Å². The maximum absolute atomic E-state index is 11.9. The second-order valence-electron chi connectivity index (χ2n) is 4.39. The number of nitrogens with zero attached hydrogens (tertiary/aromatic N) is 1. The number of aliphatic hydroxyl groups is 2. The molecule has 112 valence electrons. The molecule has 1 atom stereocenters. The molecule has 0 bridgehead atoms. The van der Waals surface area contributed by atoms with E-state index in [-0.39, 0.29) is 0 Å². The van der Waals surface area contributed by atoms with Gasteiger partial charge in [0.05, 0.1) is 22.0 Å². The van der Waals surface area contributed by atoms with Gasteiger partial charge in [0, 0.05) is 12.6 Å². The highest BCUT2D eigenvalue weighted by molar-refractivity contribution is 7.89. The zero-order chi connectivity index (χ0) is 15.6. The van der Waals surface area contributed by atoms with Gasteiger partial charge in [-0.1, -0.05) is 0 Å². The molecular weight excluding hydrogens is 292 g/mol. The van der Waals surface area contributed by atoms with Crippen LogP contribution in [0.15, 0.2) is 23.1 Å². The van der Waals surface area contributed by atoms with Gasteiger partial charge in [-0.15, -0.1) is 0 Å². The summed E-state index contributed by atoms with van der Waals surface area (Å²) in [6.45, 7) is 0.0839. The summed E-state index contributed by atoms with van der Waals surface area (Å²) in [5.74, 6) is -0.656. The number of nitro benzene ring substituents is 1. The molecule has 4 N–H and O–H groups in total. The quantitative estimate of drug-likeness (QED) is 0.401. The standard InChI is InChI=1S/C10H14N2O7S/c1-10(15,6-13)5-11-20(18,19)7-2-3-9(14)8(4-7)12(16)17/h2-4,11,13-15H,5-6H2,1H3. The Balaban J connectivity index is 3.05. The van der Waals surface area contributed by atoms with Crippen molar-refractivity contribution in [3.8, 4) is 5.75 Å². The van der Waals surface area contributed by atoms with Gasteiger partial charge in [-0.25, -0.2) is 13.1 Å². The first kappa shape index (κ1) is 16.3. The Morgan fingerprint density at radius 1 is 1.45 bits per heavy atom. The smallest absolute Gasteiger partial charge is 0.312 e. The number of nitro groups is 1. The SMILES string of the molecule is CC(O)(CO)CNS(=O)(=O)c1ccc(O)c([N+](=O)[O-])c1. The summed E-state index contributed by atoms with van der Waals surface area (Å²) in [4.78, 5) is 9.27. The van der Waals surface area contributed by atoms with E-state index in [2.05, 4.69) is 0 Å². The number of phenolic OH excluding ortho intramolecular Hbond substituents is 1. The van der Waals surface area contributed by atoms with E-state index in [0.29, 0.717) is 6.07 Å². The predicted molar refractivity (Wildman–Crippen MR) is 67.7 cm³/mol. The van der Waals surface area contributed by atoms with Crippen molar-refractivity contribution < 1.29 is 28.7 Å². The molecule has 9 nitrogen and oxygen atoms in total. The van der Waals surface area contributed by atoms with Gasteiger partial charge in [-0.3, -0.25) is 10.1 Å². The van der Waals surface area contributed by atoms with Crippen molar-refractivity contribution in [2.75, 3.05) is 13.2 Å². The second-order valence-corrected chi connectivity index (χ2v) is 6.15. The number of aromatic hydroxyl groups is 1. The first-order chi connectivity index (χ1) is 9.09. The first-order valence-electron chi connectivity index (χ1n) is 5.39. The third-order valence-corrected chi connectivity index (χ3v) is 3.84. The van der Waals surface area contributed by atoms with Crippen molar-refractivity contribution in [3.63, 3.8) is 0 Å². The van der Waals surface area contributed by atoms with E-state index in [1.165, 1.54) is 6.92 Å². The molecule has 0 heterocycles. The molecular formula is C10H14N2O7S. The molecule has 0 saturated carbocycles. The van der Waals surface area contributed by atoms with E-state index in [4.69, 9.17) is 5.11 Å². The molecule has 0 aromatic heterocycles. The molecule has 0 amide bonds. The average molecular weight is 306 g/mol. The number of rotatable bonds is 6. The lowest BCUT2D eigenvalue weighted by atomic mass is 10.1. The summed E-state index contributed by atoms with van der Waals surface area (Å²) >= 11 is 0. The minimum absolute atomic E-state index is 0.435. The molecule has 0 fully saturated rings. The summed E-state index contributed by atoms with van der Waals surface area (Å²) in [5.41, 5.74) is -2.41. The number of sulfonamides is 1. The fraction of sp³-hybridized carbons (Fsp3) is 0.400. The monoisotopic (exact) mass is 306 g/mol. The molecule has 0 aliphatic rings. The zero-order valence-electron chi connectivity index (χ0n) is 10.5. The average Bonchev–Trinajstić information content (AvgIpc) is 2.36. The Morgan fingerprint density at radius 2 is 2.05 bits per heavy atom. The van der Waals surface area contributed by atoms with Crippen LogP contribution in [0.1, 0.15) is 6.92 Å². The minimum atomic E-state index is -4.11. The van der Waals surface area contributed by atoms with Crippen molar-refractivity contribution in [1.82, 2.24) is 4.72 Å². The summed E-state index contributed by atoms with van der Waals surface area (Å²) < 4.78 is 25.8. The van der Waals surface area contributed by atoms with Crippen LogP contribution in [0.3, 0.4) is 0 Å². The Labute approximate surface area is 114 Å². The molecule has 1 aromatic carbocycles. The molecule has 0 aliphatic carbocycles. The van der Waals surface area contributed by atoms with Gasteiger partial charge in [-0.05, 0) is 19.1 Å². The maximum atomic E-state index is 11.9. The third-order valence-electron chi connectivity index (χ3n) is 2.44. The molecule has 1 unspecified atom stereocenters. The van der Waals surface area contributed by atoms with Gasteiger partial charge < -0.3 is 15.3 Å². The minimum Gasteiger partial charge on any atom is -0.502 e. The molecule has 0 spiro atoms. The van der Waals surface area contributed by atoms with Crippen molar-refractivity contribution in [2.24, 2.45) is 0 Å². The lowest BCUT2D eigenvalue weighted by molar-refractivity contribution is -0.386. The Bertz CT molecular complexity index is 612.